The van der Waals surface area contributed by atoms with Crippen LogP contribution in [0.3, 0.4) is 0 Å². The Balaban J connectivity index is 3.30. The van der Waals surface area contributed by atoms with E-state index in [1.54, 1.807) is 6.92 Å². The van der Waals surface area contributed by atoms with Crippen molar-refractivity contribution in [1.29, 1.82) is 0 Å². The van der Waals surface area contributed by atoms with E-state index in [-0.39, 0.29) is 5.97 Å². The van der Waals surface area contributed by atoms with Gasteiger partial charge in [0.05, 0.1) is 6.61 Å². The lowest BCUT2D eigenvalue weighted by Crippen LogP contribution is -2.33. The maximum atomic E-state index is 11.1. The summed E-state index contributed by atoms with van der Waals surface area (Å²) in [5, 5.41) is 0. The summed E-state index contributed by atoms with van der Waals surface area (Å²) in [5.74, 6) is -0.338. The minimum Gasteiger partial charge on any atom is -0.465 e. The second-order valence-electron chi connectivity index (χ2n) is 3.47. The molecule has 90 valence electrons. The summed E-state index contributed by atoms with van der Waals surface area (Å²) in [5.41, 5.74) is 5.59. The average Bonchev–Trinajstić information content (AvgIpc) is 2.23. The summed E-state index contributed by atoms with van der Waals surface area (Å²) in [4.78, 5) is 11.1. The molecule has 0 spiro atoms. The van der Waals surface area contributed by atoms with Crippen LogP contribution in [0.2, 0.25) is 0 Å². The molecule has 0 aliphatic heterocycles. The van der Waals surface area contributed by atoms with Gasteiger partial charge in [0.15, 0.2) is 0 Å². The molecule has 0 aromatic carbocycles. The van der Waals surface area contributed by atoms with Gasteiger partial charge in [0.1, 0.15) is 6.04 Å². The summed E-state index contributed by atoms with van der Waals surface area (Å²) in [6.45, 7) is 5.58. The Morgan fingerprint density at radius 3 is 2.60 bits per heavy atom. The first-order valence-corrected chi connectivity index (χ1v) is 5.72. The zero-order chi connectivity index (χ0) is 11.5. The highest BCUT2D eigenvalue weighted by molar-refractivity contribution is 5.75. The van der Waals surface area contributed by atoms with Crippen LogP contribution in [-0.4, -0.2) is 31.8 Å². The summed E-state index contributed by atoms with van der Waals surface area (Å²) in [6, 6.07) is -0.545. The Morgan fingerprint density at radius 1 is 1.27 bits per heavy atom. The summed E-state index contributed by atoms with van der Waals surface area (Å²) >= 11 is 0. The first-order chi connectivity index (χ1) is 7.22. The molecule has 0 aliphatic carbocycles. The van der Waals surface area contributed by atoms with Crippen LogP contribution in [-0.2, 0) is 14.3 Å². The highest BCUT2D eigenvalue weighted by atomic mass is 16.5. The number of carbonyl (C=O) groups is 1. The number of rotatable bonds is 9. The number of nitrogens with two attached hydrogens (primary N) is 1. The van der Waals surface area contributed by atoms with Gasteiger partial charge in [-0.15, -0.1) is 0 Å². The van der Waals surface area contributed by atoms with Gasteiger partial charge in [-0.1, -0.05) is 19.8 Å². The maximum Gasteiger partial charge on any atom is 0.322 e. The van der Waals surface area contributed by atoms with Crippen molar-refractivity contribution in [3.63, 3.8) is 0 Å². The Bertz CT molecular complexity index is 162. The Morgan fingerprint density at radius 2 is 2.00 bits per heavy atom. The number of ether oxygens (including phenoxy) is 2. The third-order valence-corrected chi connectivity index (χ3v) is 2.05. The predicted octanol–water partition coefficient (Wildman–Crippen LogP) is 1.47. The molecular weight excluding hydrogens is 194 g/mol. The highest BCUT2D eigenvalue weighted by Gasteiger charge is 2.13. The van der Waals surface area contributed by atoms with Crippen LogP contribution in [0, 0.1) is 0 Å². The smallest absolute Gasteiger partial charge is 0.322 e. The van der Waals surface area contributed by atoms with E-state index in [0.29, 0.717) is 19.6 Å². The minimum absolute atomic E-state index is 0.338. The lowest BCUT2D eigenvalue weighted by molar-refractivity contribution is -0.145. The molecule has 0 aromatic rings. The second kappa shape index (κ2) is 9.93. The lowest BCUT2D eigenvalue weighted by atomic mass is 10.2. The fourth-order valence-corrected chi connectivity index (χ4v) is 1.13. The van der Waals surface area contributed by atoms with E-state index in [1.165, 1.54) is 12.8 Å². The van der Waals surface area contributed by atoms with Crippen LogP contribution in [0.5, 0.6) is 0 Å². The van der Waals surface area contributed by atoms with E-state index < -0.39 is 6.04 Å². The zero-order valence-corrected chi connectivity index (χ0v) is 9.83. The average molecular weight is 217 g/mol. The zero-order valence-electron chi connectivity index (χ0n) is 9.83. The van der Waals surface area contributed by atoms with Gasteiger partial charge in [-0.05, 0) is 19.8 Å². The second-order valence-corrected chi connectivity index (χ2v) is 3.47. The van der Waals surface area contributed by atoms with Gasteiger partial charge in [-0.25, -0.2) is 0 Å². The van der Waals surface area contributed by atoms with Gasteiger partial charge in [-0.2, -0.15) is 0 Å². The maximum absolute atomic E-state index is 11.1. The van der Waals surface area contributed by atoms with Gasteiger partial charge in [0.2, 0.25) is 0 Å². The van der Waals surface area contributed by atoms with Crippen molar-refractivity contribution in [2.24, 2.45) is 5.73 Å². The molecule has 0 radical (unpaired) electrons. The van der Waals surface area contributed by atoms with Crippen molar-refractivity contribution in [2.75, 3.05) is 19.8 Å². The fourth-order valence-electron chi connectivity index (χ4n) is 1.13. The van der Waals surface area contributed by atoms with Crippen molar-refractivity contribution in [2.45, 2.75) is 45.6 Å². The van der Waals surface area contributed by atoms with E-state index in [1.807, 2.05) is 0 Å². The molecule has 1 unspecified atom stereocenters. The molecule has 0 bridgehead atoms. The van der Waals surface area contributed by atoms with Crippen molar-refractivity contribution in [3.05, 3.63) is 0 Å². The van der Waals surface area contributed by atoms with Crippen LogP contribution in [0.4, 0.5) is 0 Å². The molecule has 0 aliphatic rings. The van der Waals surface area contributed by atoms with E-state index in [2.05, 4.69) is 6.92 Å². The summed E-state index contributed by atoms with van der Waals surface area (Å²) < 4.78 is 10.1. The summed E-state index contributed by atoms with van der Waals surface area (Å²) in [7, 11) is 0. The van der Waals surface area contributed by atoms with Gasteiger partial charge < -0.3 is 15.2 Å². The molecule has 0 saturated heterocycles. The van der Waals surface area contributed by atoms with E-state index >= 15 is 0 Å². The van der Waals surface area contributed by atoms with Crippen LogP contribution >= 0.6 is 0 Å². The molecule has 0 amide bonds. The number of unbranched alkanes of at least 4 members (excludes halogenated alkanes) is 2. The summed E-state index contributed by atoms with van der Waals surface area (Å²) in [6.07, 6.45) is 3.98. The Labute approximate surface area is 92.1 Å². The van der Waals surface area contributed by atoms with E-state index in [9.17, 15) is 4.79 Å². The van der Waals surface area contributed by atoms with Gasteiger partial charge in [0.25, 0.3) is 0 Å². The SMILES string of the molecule is CCCCCOCCC(N)C(=O)OCC. The van der Waals surface area contributed by atoms with Crippen LogP contribution in [0.25, 0.3) is 0 Å². The highest BCUT2D eigenvalue weighted by Crippen LogP contribution is 1.97. The largest absolute Gasteiger partial charge is 0.465 e. The first kappa shape index (κ1) is 14.4. The molecule has 2 N–H and O–H groups in total. The van der Waals surface area contributed by atoms with Crippen LogP contribution < -0.4 is 5.73 Å². The topological polar surface area (TPSA) is 61.5 Å². The van der Waals surface area contributed by atoms with Crippen LogP contribution in [0.1, 0.15) is 39.5 Å². The molecule has 4 heteroatoms. The quantitative estimate of drug-likeness (QED) is 0.469. The molecule has 4 nitrogen and oxygen atoms in total. The van der Waals surface area contributed by atoms with Crippen molar-refractivity contribution >= 4 is 5.97 Å². The van der Waals surface area contributed by atoms with Crippen molar-refractivity contribution in [3.8, 4) is 0 Å². The molecule has 15 heavy (non-hydrogen) atoms. The molecule has 1 atom stereocenters. The molecular formula is C11H23NO3. The van der Waals surface area contributed by atoms with Crippen molar-refractivity contribution in [1.82, 2.24) is 0 Å². The lowest BCUT2D eigenvalue weighted by Gasteiger charge is -2.10. The fraction of sp³-hybridized carbons (Fsp3) is 0.909. The normalized spacial score (nSPS) is 12.5. The van der Waals surface area contributed by atoms with Gasteiger partial charge in [0, 0.05) is 13.2 Å². The van der Waals surface area contributed by atoms with Gasteiger partial charge in [-0.3, -0.25) is 4.79 Å². The number of esters is 1. The first-order valence-electron chi connectivity index (χ1n) is 5.72. The molecule has 0 aromatic heterocycles. The van der Waals surface area contributed by atoms with Crippen LogP contribution in [0.15, 0.2) is 0 Å². The van der Waals surface area contributed by atoms with E-state index in [0.717, 1.165) is 13.0 Å². The van der Waals surface area contributed by atoms with Crippen molar-refractivity contribution < 1.29 is 14.3 Å². The Hall–Kier alpha value is -0.610. The van der Waals surface area contributed by atoms with Gasteiger partial charge >= 0.3 is 5.97 Å². The predicted molar refractivity (Wildman–Crippen MR) is 59.6 cm³/mol. The number of carbonyl (C=O) groups excluding carboxylic acids is 1. The monoisotopic (exact) mass is 217 g/mol. The Kier molecular flexibility index (Phi) is 9.52. The number of hydrogen-bond acceptors (Lipinski definition) is 4. The molecule has 0 rings (SSSR count). The number of hydrogen-bond donors (Lipinski definition) is 1. The molecule has 0 heterocycles. The molecule has 0 saturated carbocycles. The third kappa shape index (κ3) is 8.39. The third-order valence-electron chi connectivity index (χ3n) is 2.05. The standard InChI is InChI=1S/C11H23NO3/c1-3-5-6-8-14-9-7-10(12)11(13)15-4-2/h10H,3-9,12H2,1-2H3. The van der Waals surface area contributed by atoms with E-state index in [4.69, 9.17) is 15.2 Å². The minimum atomic E-state index is -0.545. The molecule has 0 fully saturated rings.